The van der Waals surface area contributed by atoms with Crippen molar-refractivity contribution in [3.63, 3.8) is 0 Å². The van der Waals surface area contributed by atoms with E-state index < -0.39 is 5.82 Å². The summed E-state index contributed by atoms with van der Waals surface area (Å²) >= 11 is 3.21. The molecular formula is C11H12BrFO. The number of benzene rings is 1. The van der Waals surface area contributed by atoms with Crippen molar-refractivity contribution in [1.82, 2.24) is 0 Å². The van der Waals surface area contributed by atoms with Gasteiger partial charge in [-0.2, -0.15) is 0 Å². The molecule has 1 rings (SSSR count). The SMILES string of the molecule is CCCCC(=O)c1cc(Br)ccc1F. The van der Waals surface area contributed by atoms with Crippen molar-refractivity contribution in [2.75, 3.05) is 0 Å². The van der Waals surface area contributed by atoms with Gasteiger partial charge in [0.2, 0.25) is 0 Å². The fraction of sp³-hybridized carbons (Fsp3) is 0.364. The maximum Gasteiger partial charge on any atom is 0.165 e. The van der Waals surface area contributed by atoms with Crippen molar-refractivity contribution in [3.8, 4) is 0 Å². The average molecular weight is 259 g/mol. The van der Waals surface area contributed by atoms with Gasteiger partial charge in [0.15, 0.2) is 5.78 Å². The fourth-order valence-electron chi connectivity index (χ4n) is 1.18. The first-order valence-electron chi connectivity index (χ1n) is 4.63. The molecule has 0 saturated carbocycles. The molecule has 0 aliphatic heterocycles. The first-order chi connectivity index (χ1) is 6.65. The van der Waals surface area contributed by atoms with Gasteiger partial charge >= 0.3 is 0 Å². The van der Waals surface area contributed by atoms with Crippen LogP contribution >= 0.6 is 15.9 Å². The molecule has 0 unspecified atom stereocenters. The number of carbonyl (C=O) groups excluding carboxylic acids is 1. The highest BCUT2D eigenvalue weighted by atomic mass is 79.9. The second-order valence-corrected chi connectivity index (χ2v) is 4.07. The molecule has 0 radical (unpaired) electrons. The van der Waals surface area contributed by atoms with Crippen LogP contribution in [0.15, 0.2) is 22.7 Å². The lowest BCUT2D eigenvalue weighted by Gasteiger charge is -2.02. The lowest BCUT2D eigenvalue weighted by Crippen LogP contribution is -2.01. The molecule has 0 atom stereocenters. The lowest BCUT2D eigenvalue weighted by atomic mass is 10.1. The molecule has 0 spiro atoms. The van der Waals surface area contributed by atoms with Gasteiger partial charge in [-0.15, -0.1) is 0 Å². The Morgan fingerprint density at radius 3 is 2.86 bits per heavy atom. The highest BCUT2D eigenvalue weighted by Crippen LogP contribution is 2.17. The van der Waals surface area contributed by atoms with E-state index in [1.54, 1.807) is 6.07 Å². The number of ketones is 1. The van der Waals surface area contributed by atoms with E-state index in [0.29, 0.717) is 6.42 Å². The summed E-state index contributed by atoms with van der Waals surface area (Å²) in [7, 11) is 0. The molecule has 0 N–H and O–H groups in total. The lowest BCUT2D eigenvalue weighted by molar-refractivity contribution is 0.0976. The quantitative estimate of drug-likeness (QED) is 0.748. The van der Waals surface area contributed by atoms with E-state index in [1.165, 1.54) is 12.1 Å². The number of unbranched alkanes of at least 4 members (excludes halogenated alkanes) is 1. The van der Waals surface area contributed by atoms with Crippen molar-refractivity contribution in [1.29, 1.82) is 0 Å². The topological polar surface area (TPSA) is 17.1 Å². The zero-order valence-corrected chi connectivity index (χ0v) is 9.60. The Hall–Kier alpha value is -0.700. The predicted molar refractivity (Wildman–Crippen MR) is 58.0 cm³/mol. The van der Waals surface area contributed by atoms with Crippen LogP contribution in [0.5, 0.6) is 0 Å². The highest BCUT2D eigenvalue weighted by molar-refractivity contribution is 9.10. The van der Waals surface area contributed by atoms with E-state index >= 15 is 0 Å². The molecule has 76 valence electrons. The first-order valence-corrected chi connectivity index (χ1v) is 5.42. The van der Waals surface area contributed by atoms with Crippen LogP contribution in [0.2, 0.25) is 0 Å². The monoisotopic (exact) mass is 258 g/mol. The van der Waals surface area contributed by atoms with Crippen molar-refractivity contribution >= 4 is 21.7 Å². The number of hydrogen-bond acceptors (Lipinski definition) is 1. The van der Waals surface area contributed by atoms with E-state index in [4.69, 9.17) is 0 Å². The van der Waals surface area contributed by atoms with Crippen LogP contribution in [0.4, 0.5) is 4.39 Å². The number of halogens is 2. The Bertz CT molecular complexity index is 336. The maximum atomic E-state index is 13.2. The molecular weight excluding hydrogens is 247 g/mol. The smallest absolute Gasteiger partial charge is 0.165 e. The average Bonchev–Trinajstić information content (AvgIpc) is 2.18. The largest absolute Gasteiger partial charge is 0.294 e. The molecule has 0 saturated heterocycles. The highest BCUT2D eigenvalue weighted by Gasteiger charge is 2.10. The summed E-state index contributed by atoms with van der Waals surface area (Å²) < 4.78 is 13.9. The summed E-state index contributed by atoms with van der Waals surface area (Å²) in [5.74, 6) is -0.556. The first kappa shape index (κ1) is 11.4. The van der Waals surface area contributed by atoms with Gasteiger partial charge in [0.1, 0.15) is 5.82 Å². The molecule has 1 aromatic rings. The van der Waals surface area contributed by atoms with Crippen LogP contribution in [0.3, 0.4) is 0 Å². The van der Waals surface area contributed by atoms with Gasteiger partial charge in [-0.3, -0.25) is 4.79 Å². The van der Waals surface area contributed by atoms with Crippen LogP contribution in [0, 0.1) is 5.82 Å². The van der Waals surface area contributed by atoms with Crippen LogP contribution < -0.4 is 0 Å². The maximum absolute atomic E-state index is 13.2. The Morgan fingerprint density at radius 1 is 1.50 bits per heavy atom. The van der Waals surface area contributed by atoms with Gasteiger partial charge in [0, 0.05) is 10.9 Å². The van der Waals surface area contributed by atoms with Crippen LogP contribution in [-0.2, 0) is 0 Å². The minimum absolute atomic E-state index is 0.120. The molecule has 0 aliphatic rings. The molecule has 0 fully saturated rings. The van der Waals surface area contributed by atoms with Gasteiger partial charge in [-0.25, -0.2) is 4.39 Å². The molecule has 1 aromatic carbocycles. The summed E-state index contributed by atoms with van der Waals surface area (Å²) in [4.78, 5) is 11.5. The summed E-state index contributed by atoms with van der Waals surface area (Å²) in [6.45, 7) is 2.00. The molecule has 3 heteroatoms. The van der Waals surface area contributed by atoms with Gasteiger partial charge in [0.05, 0.1) is 5.56 Å². The van der Waals surface area contributed by atoms with E-state index in [0.717, 1.165) is 17.3 Å². The normalized spacial score (nSPS) is 10.2. The summed E-state index contributed by atoms with van der Waals surface area (Å²) in [6, 6.07) is 4.43. The Labute approximate surface area is 91.5 Å². The van der Waals surface area contributed by atoms with Crippen LogP contribution in [0.25, 0.3) is 0 Å². The second kappa shape index (κ2) is 5.25. The van der Waals surface area contributed by atoms with Crippen LogP contribution in [0.1, 0.15) is 36.5 Å². The molecule has 1 nitrogen and oxygen atoms in total. The Balaban J connectivity index is 2.83. The minimum Gasteiger partial charge on any atom is -0.294 e. The third-order valence-electron chi connectivity index (χ3n) is 1.99. The van der Waals surface area contributed by atoms with E-state index in [-0.39, 0.29) is 11.3 Å². The minimum atomic E-state index is -0.436. The Morgan fingerprint density at radius 2 is 2.21 bits per heavy atom. The zero-order chi connectivity index (χ0) is 10.6. The molecule has 0 bridgehead atoms. The fourth-order valence-corrected chi connectivity index (χ4v) is 1.54. The van der Waals surface area contributed by atoms with E-state index in [1.807, 2.05) is 6.92 Å². The number of rotatable bonds is 4. The van der Waals surface area contributed by atoms with Crippen molar-refractivity contribution in [2.24, 2.45) is 0 Å². The Kier molecular flexibility index (Phi) is 4.26. The van der Waals surface area contributed by atoms with Gasteiger partial charge in [0.25, 0.3) is 0 Å². The zero-order valence-electron chi connectivity index (χ0n) is 8.02. The molecule has 0 amide bonds. The molecule has 0 aliphatic carbocycles. The van der Waals surface area contributed by atoms with Gasteiger partial charge in [-0.05, 0) is 24.6 Å². The second-order valence-electron chi connectivity index (χ2n) is 3.15. The van der Waals surface area contributed by atoms with E-state index in [9.17, 15) is 9.18 Å². The number of hydrogen-bond donors (Lipinski definition) is 0. The predicted octanol–water partition coefficient (Wildman–Crippen LogP) is 3.96. The van der Waals surface area contributed by atoms with Gasteiger partial charge in [-0.1, -0.05) is 29.3 Å². The molecule has 0 aromatic heterocycles. The third kappa shape index (κ3) is 2.91. The third-order valence-corrected chi connectivity index (χ3v) is 2.48. The number of Topliss-reactive ketones (excluding diaryl/α,β-unsaturated/α-hetero) is 1. The summed E-state index contributed by atoms with van der Waals surface area (Å²) in [6.07, 6.45) is 2.18. The van der Waals surface area contributed by atoms with E-state index in [2.05, 4.69) is 15.9 Å². The number of carbonyl (C=O) groups is 1. The summed E-state index contributed by atoms with van der Waals surface area (Å²) in [5, 5.41) is 0. The summed E-state index contributed by atoms with van der Waals surface area (Å²) in [5.41, 5.74) is 0.188. The molecule has 14 heavy (non-hydrogen) atoms. The standard InChI is InChI=1S/C11H12BrFO/c1-2-3-4-11(14)9-7-8(12)5-6-10(9)13/h5-7H,2-4H2,1H3. The van der Waals surface area contributed by atoms with Crippen molar-refractivity contribution in [3.05, 3.63) is 34.1 Å². The van der Waals surface area contributed by atoms with Crippen molar-refractivity contribution < 1.29 is 9.18 Å². The van der Waals surface area contributed by atoms with Crippen LogP contribution in [-0.4, -0.2) is 5.78 Å². The molecule has 0 heterocycles. The van der Waals surface area contributed by atoms with Gasteiger partial charge < -0.3 is 0 Å². The van der Waals surface area contributed by atoms with Crippen molar-refractivity contribution in [2.45, 2.75) is 26.2 Å².